The van der Waals surface area contributed by atoms with Gasteiger partial charge in [-0.05, 0) is 18.2 Å². The second-order valence-corrected chi connectivity index (χ2v) is 4.44. The molecule has 0 aliphatic carbocycles. The molecule has 16 heavy (non-hydrogen) atoms. The van der Waals surface area contributed by atoms with Crippen LogP contribution in [0.25, 0.3) is 0 Å². The molecule has 1 aromatic heterocycles. The minimum absolute atomic E-state index is 0.416. The minimum atomic E-state index is 0.416. The van der Waals surface area contributed by atoms with Crippen molar-refractivity contribution < 1.29 is 0 Å². The number of benzene rings is 1. The summed E-state index contributed by atoms with van der Waals surface area (Å²) >= 11 is 7.50. The molecule has 0 unspecified atom stereocenters. The Balaban J connectivity index is 2.33. The Morgan fingerprint density at radius 3 is 2.62 bits per heavy atom. The molecule has 4 heteroatoms. The van der Waals surface area contributed by atoms with Crippen molar-refractivity contribution in [3.05, 3.63) is 53.2 Å². The molecular weight excluding hydrogens is 240 g/mol. The number of halogens is 1. The maximum atomic E-state index is 8.84. The van der Waals surface area contributed by atoms with Crippen LogP contribution >= 0.6 is 23.4 Å². The molecule has 2 nitrogen and oxygen atoms in total. The van der Waals surface area contributed by atoms with Crippen molar-refractivity contribution in [2.45, 2.75) is 9.92 Å². The molecule has 0 bridgehead atoms. The average Bonchev–Trinajstić information content (AvgIpc) is 2.33. The van der Waals surface area contributed by atoms with E-state index in [4.69, 9.17) is 16.9 Å². The van der Waals surface area contributed by atoms with Crippen LogP contribution in [0.3, 0.4) is 0 Å². The van der Waals surface area contributed by atoms with E-state index in [-0.39, 0.29) is 0 Å². The normalized spacial score (nSPS) is 9.75. The summed E-state index contributed by atoms with van der Waals surface area (Å²) in [5, 5.41) is 9.91. The van der Waals surface area contributed by atoms with E-state index in [1.165, 1.54) is 11.8 Å². The van der Waals surface area contributed by atoms with E-state index >= 15 is 0 Å². The standard InChI is InChI=1S/C12H7ClN2S/c13-11-9(8-14)6-7-15-12(11)16-10-4-2-1-3-5-10/h1-7H. The summed E-state index contributed by atoms with van der Waals surface area (Å²) in [4.78, 5) is 5.21. The highest BCUT2D eigenvalue weighted by molar-refractivity contribution is 7.99. The lowest BCUT2D eigenvalue weighted by atomic mass is 10.3. The zero-order valence-electron chi connectivity index (χ0n) is 8.22. The molecule has 2 rings (SSSR count). The molecule has 0 saturated heterocycles. The van der Waals surface area contributed by atoms with E-state index in [1.54, 1.807) is 12.3 Å². The lowest BCUT2D eigenvalue weighted by molar-refractivity contribution is 1.12. The fourth-order valence-corrected chi connectivity index (χ4v) is 2.28. The SMILES string of the molecule is N#Cc1ccnc(Sc2ccccc2)c1Cl. The topological polar surface area (TPSA) is 36.7 Å². The van der Waals surface area contributed by atoms with Crippen LogP contribution in [0.15, 0.2) is 52.5 Å². The number of nitrogens with zero attached hydrogens (tertiary/aromatic N) is 2. The second-order valence-electron chi connectivity index (χ2n) is 3.00. The first kappa shape index (κ1) is 11.0. The summed E-state index contributed by atoms with van der Waals surface area (Å²) in [6.07, 6.45) is 1.59. The predicted octanol–water partition coefficient (Wildman–Crippen LogP) is 3.76. The van der Waals surface area contributed by atoms with Gasteiger partial charge in [-0.1, -0.05) is 41.6 Å². The maximum absolute atomic E-state index is 8.84. The number of hydrogen-bond donors (Lipinski definition) is 0. The summed E-state index contributed by atoms with van der Waals surface area (Å²) < 4.78 is 0. The van der Waals surface area contributed by atoms with E-state index in [0.29, 0.717) is 15.6 Å². The molecule has 0 spiro atoms. The Morgan fingerprint density at radius 1 is 1.19 bits per heavy atom. The molecule has 0 radical (unpaired) electrons. The molecule has 0 aliphatic heterocycles. The Hall–Kier alpha value is -1.50. The Morgan fingerprint density at radius 2 is 1.94 bits per heavy atom. The van der Waals surface area contributed by atoms with Gasteiger partial charge in [0.25, 0.3) is 0 Å². The van der Waals surface area contributed by atoms with Crippen molar-refractivity contribution in [1.29, 1.82) is 5.26 Å². The molecule has 0 saturated carbocycles. The molecule has 2 aromatic rings. The first-order valence-corrected chi connectivity index (χ1v) is 5.78. The van der Waals surface area contributed by atoms with Gasteiger partial charge in [0.15, 0.2) is 0 Å². The van der Waals surface area contributed by atoms with Gasteiger partial charge in [0, 0.05) is 11.1 Å². The van der Waals surface area contributed by atoms with Crippen LogP contribution in [0, 0.1) is 11.3 Å². The third-order valence-electron chi connectivity index (χ3n) is 1.94. The van der Waals surface area contributed by atoms with Gasteiger partial charge in [-0.25, -0.2) is 4.98 Å². The van der Waals surface area contributed by atoms with Crippen LogP contribution < -0.4 is 0 Å². The van der Waals surface area contributed by atoms with Gasteiger partial charge in [0.05, 0.1) is 10.6 Å². The monoisotopic (exact) mass is 246 g/mol. The van der Waals surface area contributed by atoms with Gasteiger partial charge in [0.1, 0.15) is 11.1 Å². The third-order valence-corrected chi connectivity index (χ3v) is 3.44. The fourth-order valence-electron chi connectivity index (χ4n) is 1.18. The zero-order valence-corrected chi connectivity index (χ0v) is 9.79. The van der Waals surface area contributed by atoms with Gasteiger partial charge in [-0.15, -0.1) is 0 Å². The van der Waals surface area contributed by atoms with Crippen LogP contribution in [0.4, 0.5) is 0 Å². The zero-order chi connectivity index (χ0) is 11.4. The molecule has 1 aromatic carbocycles. The fraction of sp³-hybridized carbons (Fsp3) is 0. The van der Waals surface area contributed by atoms with E-state index in [9.17, 15) is 0 Å². The van der Waals surface area contributed by atoms with Crippen LogP contribution in [-0.4, -0.2) is 4.98 Å². The van der Waals surface area contributed by atoms with Crippen molar-refractivity contribution in [3.63, 3.8) is 0 Å². The van der Waals surface area contributed by atoms with Crippen molar-refractivity contribution in [3.8, 4) is 6.07 Å². The predicted molar refractivity (Wildman–Crippen MR) is 64.5 cm³/mol. The summed E-state index contributed by atoms with van der Waals surface area (Å²) in [5.74, 6) is 0. The van der Waals surface area contributed by atoms with Crippen molar-refractivity contribution in [1.82, 2.24) is 4.98 Å². The van der Waals surface area contributed by atoms with Gasteiger partial charge in [0.2, 0.25) is 0 Å². The van der Waals surface area contributed by atoms with Gasteiger partial charge >= 0.3 is 0 Å². The summed E-state index contributed by atoms with van der Waals surface area (Å²) in [6.45, 7) is 0. The molecule has 0 amide bonds. The second kappa shape index (κ2) is 5.02. The smallest absolute Gasteiger partial charge is 0.121 e. The van der Waals surface area contributed by atoms with Crippen molar-refractivity contribution in [2.75, 3.05) is 0 Å². The average molecular weight is 247 g/mol. The molecular formula is C12H7ClN2S. The highest BCUT2D eigenvalue weighted by atomic mass is 35.5. The number of nitriles is 1. The number of rotatable bonds is 2. The van der Waals surface area contributed by atoms with Gasteiger partial charge in [-0.2, -0.15) is 5.26 Å². The largest absolute Gasteiger partial charge is 0.248 e. The highest BCUT2D eigenvalue weighted by Crippen LogP contribution is 2.32. The lowest BCUT2D eigenvalue weighted by Gasteiger charge is -2.03. The van der Waals surface area contributed by atoms with Gasteiger partial charge in [-0.3, -0.25) is 0 Å². The van der Waals surface area contributed by atoms with Crippen molar-refractivity contribution >= 4 is 23.4 Å². The number of hydrogen-bond acceptors (Lipinski definition) is 3. The van der Waals surface area contributed by atoms with E-state index in [1.807, 2.05) is 36.4 Å². The molecule has 0 atom stereocenters. The molecule has 78 valence electrons. The molecule has 0 N–H and O–H groups in total. The Labute approximate surface area is 103 Å². The van der Waals surface area contributed by atoms with Crippen LogP contribution in [-0.2, 0) is 0 Å². The van der Waals surface area contributed by atoms with Crippen LogP contribution in [0.1, 0.15) is 5.56 Å². The number of aromatic nitrogens is 1. The summed E-state index contributed by atoms with van der Waals surface area (Å²) in [7, 11) is 0. The Bertz CT molecular complexity index is 534. The van der Waals surface area contributed by atoms with Crippen molar-refractivity contribution in [2.24, 2.45) is 0 Å². The molecule has 0 fully saturated rings. The van der Waals surface area contributed by atoms with Crippen LogP contribution in [0.5, 0.6) is 0 Å². The lowest BCUT2D eigenvalue weighted by Crippen LogP contribution is -1.85. The van der Waals surface area contributed by atoms with Gasteiger partial charge < -0.3 is 0 Å². The maximum Gasteiger partial charge on any atom is 0.121 e. The van der Waals surface area contributed by atoms with E-state index < -0.39 is 0 Å². The number of pyridine rings is 1. The molecule has 0 aliphatic rings. The summed E-state index contributed by atoms with van der Waals surface area (Å²) in [5.41, 5.74) is 0.454. The first-order chi connectivity index (χ1) is 7.81. The summed E-state index contributed by atoms with van der Waals surface area (Å²) in [6, 6.07) is 13.4. The molecule has 1 heterocycles. The van der Waals surface area contributed by atoms with Crippen LogP contribution in [0.2, 0.25) is 5.02 Å². The highest BCUT2D eigenvalue weighted by Gasteiger charge is 2.08. The third kappa shape index (κ3) is 2.35. The van der Waals surface area contributed by atoms with E-state index in [2.05, 4.69) is 4.98 Å². The Kier molecular flexibility index (Phi) is 3.45. The van der Waals surface area contributed by atoms with E-state index in [0.717, 1.165) is 4.90 Å². The minimum Gasteiger partial charge on any atom is -0.248 e. The quantitative estimate of drug-likeness (QED) is 0.810. The first-order valence-electron chi connectivity index (χ1n) is 4.59.